The maximum atomic E-state index is 12.1. The molecule has 0 aromatic heterocycles. The fraction of sp³-hybridized carbons (Fsp3) is 0.462. The van der Waals surface area contributed by atoms with E-state index in [2.05, 4.69) is 52.4 Å². The minimum absolute atomic E-state index is 0.260. The van der Waals surface area contributed by atoms with Crippen LogP contribution in [-0.2, 0) is 17.9 Å². The minimum Gasteiger partial charge on any atom is -0.497 e. The number of guanidine groups is 1. The molecule has 2 aromatic carbocycles. The van der Waals surface area contributed by atoms with Crippen LogP contribution in [0, 0.1) is 0 Å². The van der Waals surface area contributed by atoms with Crippen molar-refractivity contribution in [2.75, 3.05) is 51.3 Å². The molecule has 1 amide bonds. The third-order valence-electron chi connectivity index (χ3n) is 6.38. The highest BCUT2D eigenvalue weighted by atomic mass is 16.5. The maximum Gasteiger partial charge on any atom is 0.222 e. The molecule has 4 rings (SSSR count). The molecule has 0 aliphatic carbocycles. The Morgan fingerprint density at radius 3 is 2.52 bits per heavy atom. The van der Waals surface area contributed by atoms with Gasteiger partial charge in [-0.25, -0.2) is 4.99 Å². The number of rotatable bonds is 7. The van der Waals surface area contributed by atoms with Gasteiger partial charge in [-0.3, -0.25) is 4.79 Å². The lowest BCUT2D eigenvalue weighted by Crippen LogP contribution is -2.52. The number of likely N-dealkylation sites (tertiary alicyclic amines) is 1. The highest BCUT2D eigenvalue weighted by Gasteiger charge is 2.22. The first kappa shape index (κ1) is 23.0. The highest BCUT2D eigenvalue weighted by molar-refractivity contribution is 5.80. The van der Waals surface area contributed by atoms with Gasteiger partial charge in [-0.05, 0) is 36.6 Å². The Morgan fingerprint density at radius 1 is 1.03 bits per heavy atom. The zero-order chi connectivity index (χ0) is 23.0. The molecule has 0 atom stereocenters. The average Bonchev–Trinajstić information content (AvgIpc) is 3.27. The Balaban J connectivity index is 1.41. The van der Waals surface area contributed by atoms with E-state index in [1.807, 2.05) is 23.1 Å². The number of piperazine rings is 1. The summed E-state index contributed by atoms with van der Waals surface area (Å²) in [6.07, 6.45) is 1.64. The molecule has 33 heavy (non-hydrogen) atoms. The standard InChI is InChI=1S/C26H35N5O2/c1-3-27-26(30-16-14-29(15-17-30)23-10-6-11-24(18-23)33-2)28-19-21-8-4-5-9-22(21)20-31-13-7-12-25(31)32/h4-6,8-11,18H,3,7,12-17,19-20H2,1-2H3,(H,27,28). The van der Waals surface area contributed by atoms with E-state index in [1.165, 1.54) is 16.8 Å². The third-order valence-corrected chi connectivity index (χ3v) is 6.38. The number of hydrogen-bond donors (Lipinski definition) is 1. The van der Waals surface area contributed by atoms with Crippen LogP contribution in [-0.4, -0.2) is 68.0 Å². The van der Waals surface area contributed by atoms with E-state index in [0.29, 0.717) is 19.5 Å². The summed E-state index contributed by atoms with van der Waals surface area (Å²) in [6.45, 7) is 8.78. The van der Waals surface area contributed by atoms with Crippen LogP contribution >= 0.6 is 0 Å². The summed E-state index contributed by atoms with van der Waals surface area (Å²) in [6, 6.07) is 16.6. The second kappa shape index (κ2) is 11.1. The van der Waals surface area contributed by atoms with E-state index in [0.717, 1.165) is 57.4 Å². The van der Waals surface area contributed by atoms with Crippen LogP contribution in [0.3, 0.4) is 0 Å². The number of nitrogens with zero attached hydrogens (tertiary/aromatic N) is 4. The summed E-state index contributed by atoms with van der Waals surface area (Å²) in [7, 11) is 1.71. The number of amides is 1. The lowest BCUT2D eigenvalue weighted by Gasteiger charge is -2.37. The fourth-order valence-electron chi connectivity index (χ4n) is 4.51. The molecule has 7 nitrogen and oxygen atoms in total. The molecule has 2 fully saturated rings. The van der Waals surface area contributed by atoms with Gasteiger partial charge in [0, 0.05) is 64.0 Å². The summed E-state index contributed by atoms with van der Waals surface area (Å²) in [5, 5.41) is 3.47. The molecular weight excluding hydrogens is 414 g/mol. The van der Waals surface area contributed by atoms with Crippen LogP contribution in [0.15, 0.2) is 53.5 Å². The van der Waals surface area contributed by atoms with Crippen molar-refractivity contribution in [3.8, 4) is 5.75 Å². The normalized spacial score (nSPS) is 17.0. The second-order valence-electron chi connectivity index (χ2n) is 8.53. The summed E-state index contributed by atoms with van der Waals surface area (Å²) in [5.41, 5.74) is 3.57. The van der Waals surface area contributed by atoms with Gasteiger partial charge in [-0.1, -0.05) is 30.3 Å². The van der Waals surface area contributed by atoms with Gasteiger partial charge in [-0.2, -0.15) is 0 Å². The van der Waals surface area contributed by atoms with Crippen LogP contribution in [0.5, 0.6) is 5.75 Å². The van der Waals surface area contributed by atoms with E-state index in [-0.39, 0.29) is 5.91 Å². The van der Waals surface area contributed by atoms with Crippen LogP contribution in [0.1, 0.15) is 30.9 Å². The molecule has 2 aromatic rings. The van der Waals surface area contributed by atoms with E-state index in [1.54, 1.807) is 7.11 Å². The van der Waals surface area contributed by atoms with Crippen molar-refractivity contribution >= 4 is 17.6 Å². The number of benzene rings is 2. The average molecular weight is 450 g/mol. The van der Waals surface area contributed by atoms with Crippen molar-refractivity contribution < 1.29 is 9.53 Å². The first-order valence-electron chi connectivity index (χ1n) is 11.9. The first-order valence-corrected chi connectivity index (χ1v) is 11.9. The number of hydrogen-bond acceptors (Lipinski definition) is 4. The van der Waals surface area contributed by atoms with Crippen LogP contribution in [0.4, 0.5) is 5.69 Å². The number of carbonyl (C=O) groups is 1. The molecule has 0 spiro atoms. The molecule has 0 radical (unpaired) electrons. The minimum atomic E-state index is 0.260. The van der Waals surface area contributed by atoms with Gasteiger partial charge in [-0.15, -0.1) is 0 Å². The van der Waals surface area contributed by atoms with Crippen LogP contribution in [0.2, 0.25) is 0 Å². The molecule has 2 saturated heterocycles. The summed E-state index contributed by atoms with van der Waals surface area (Å²) in [4.78, 5) is 23.8. The van der Waals surface area contributed by atoms with Gasteiger partial charge >= 0.3 is 0 Å². The molecule has 2 aliphatic heterocycles. The Bertz CT molecular complexity index is 969. The highest BCUT2D eigenvalue weighted by Crippen LogP contribution is 2.22. The number of anilines is 1. The lowest BCUT2D eigenvalue weighted by atomic mass is 10.1. The van der Waals surface area contributed by atoms with Crippen molar-refractivity contribution in [3.63, 3.8) is 0 Å². The first-order chi connectivity index (χ1) is 16.2. The summed E-state index contributed by atoms with van der Waals surface area (Å²) >= 11 is 0. The molecule has 0 unspecified atom stereocenters. The third kappa shape index (κ3) is 5.78. The molecule has 176 valence electrons. The van der Waals surface area contributed by atoms with E-state index >= 15 is 0 Å². The molecule has 0 saturated carbocycles. The maximum absolute atomic E-state index is 12.1. The summed E-state index contributed by atoms with van der Waals surface area (Å²) < 4.78 is 5.38. The van der Waals surface area contributed by atoms with Gasteiger partial charge in [0.15, 0.2) is 5.96 Å². The van der Waals surface area contributed by atoms with Gasteiger partial charge in [0.1, 0.15) is 5.75 Å². The molecule has 2 heterocycles. The van der Waals surface area contributed by atoms with E-state index < -0.39 is 0 Å². The lowest BCUT2D eigenvalue weighted by molar-refractivity contribution is -0.128. The van der Waals surface area contributed by atoms with Crippen LogP contribution in [0.25, 0.3) is 0 Å². The largest absolute Gasteiger partial charge is 0.497 e. The monoisotopic (exact) mass is 449 g/mol. The number of ether oxygens (including phenoxy) is 1. The van der Waals surface area contributed by atoms with E-state index in [4.69, 9.17) is 9.73 Å². The van der Waals surface area contributed by atoms with Crippen molar-refractivity contribution in [1.82, 2.24) is 15.1 Å². The predicted molar refractivity (Wildman–Crippen MR) is 133 cm³/mol. The number of nitrogens with one attached hydrogen (secondary N) is 1. The SMILES string of the molecule is CCNC(=NCc1ccccc1CN1CCCC1=O)N1CCN(c2cccc(OC)c2)CC1. The Kier molecular flexibility index (Phi) is 7.70. The van der Waals surface area contributed by atoms with Gasteiger partial charge in [0.25, 0.3) is 0 Å². The van der Waals surface area contributed by atoms with Gasteiger partial charge < -0.3 is 24.8 Å². The van der Waals surface area contributed by atoms with Gasteiger partial charge in [0.2, 0.25) is 5.91 Å². The Morgan fingerprint density at radius 2 is 1.82 bits per heavy atom. The zero-order valence-electron chi connectivity index (χ0n) is 19.8. The Labute approximate surface area is 197 Å². The fourth-order valence-corrected chi connectivity index (χ4v) is 4.51. The van der Waals surface area contributed by atoms with Crippen molar-refractivity contribution in [3.05, 3.63) is 59.7 Å². The zero-order valence-corrected chi connectivity index (χ0v) is 19.8. The summed E-state index contributed by atoms with van der Waals surface area (Å²) in [5.74, 6) is 2.10. The quantitative estimate of drug-likeness (QED) is 0.520. The predicted octanol–water partition coefficient (Wildman–Crippen LogP) is 3.11. The van der Waals surface area contributed by atoms with Crippen molar-refractivity contribution in [1.29, 1.82) is 0 Å². The van der Waals surface area contributed by atoms with E-state index in [9.17, 15) is 4.79 Å². The van der Waals surface area contributed by atoms with Crippen molar-refractivity contribution in [2.45, 2.75) is 32.9 Å². The second-order valence-corrected chi connectivity index (χ2v) is 8.53. The molecule has 2 aliphatic rings. The van der Waals surface area contributed by atoms with Crippen molar-refractivity contribution in [2.24, 2.45) is 4.99 Å². The number of methoxy groups -OCH3 is 1. The van der Waals surface area contributed by atoms with Gasteiger partial charge in [0.05, 0.1) is 13.7 Å². The molecule has 1 N–H and O–H groups in total. The van der Waals surface area contributed by atoms with Crippen LogP contribution < -0.4 is 15.0 Å². The molecular formula is C26H35N5O2. The Hall–Kier alpha value is -3.22. The topological polar surface area (TPSA) is 60.4 Å². The smallest absolute Gasteiger partial charge is 0.222 e. The molecule has 7 heteroatoms. The molecule has 0 bridgehead atoms. The number of carbonyl (C=O) groups excluding carboxylic acids is 1. The number of aliphatic imine (C=N–C) groups is 1.